The lowest BCUT2D eigenvalue weighted by Crippen LogP contribution is -2.36. The van der Waals surface area contributed by atoms with Gasteiger partial charge in [-0.15, -0.1) is 0 Å². The van der Waals surface area contributed by atoms with Gasteiger partial charge in [0.25, 0.3) is 0 Å². The number of nitrogens with two attached hydrogens (primary N) is 1. The molecule has 1 aromatic carbocycles. The first-order valence-corrected chi connectivity index (χ1v) is 7.39. The molecule has 0 saturated heterocycles. The van der Waals surface area contributed by atoms with Crippen LogP contribution < -0.4 is 11.1 Å². The molecule has 0 amide bonds. The Morgan fingerprint density at radius 3 is 2.56 bits per heavy atom. The smallest absolute Gasteiger partial charge is 0.0426 e. The first-order chi connectivity index (χ1) is 8.79. The van der Waals surface area contributed by atoms with Crippen LogP contribution in [-0.4, -0.2) is 12.6 Å². The molecule has 0 bridgehead atoms. The molecule has 18 heavy (non-hydrogen) atoms. The second-order valence-electron chi connectivity index (χ2n) is 5.25. The van der Waals surface area contributed by atoms with Crippen LogP contribution in [-0.2, 0) is 0 Å². The van der Waals surface area contributed by atoms with Crippen molar-refractivity contribution < 1.29 is 0 Å². The monoisotopic (exact) mass is 266 g/mol. The minimum absolute atomic E-state index is 0.376. The Labute approximate surface area is 115 Å². The van der Waals surface area contributed by atoms with Gasteiger partial charge in [0.2, 0.25) is 0 Å². The van der Waals surface area contributed by atoms with Crippen molar-refractivity contribution in [3.05, 3.63) is 29.3 Å². The van der Waals surface area contributed by atoms with Gasteiger partial charge in [-0.05, 0) is 37.0 Å². The van der Waals surface area contributed by atoms with E-state index in [1.165, 1.54) is 38.5 Å². The molecule has 100 valence electrons. The van der Waals surface area contributed by atoms with Crippen molar-refractivity contribution in [2.45, 2.75) is 44.6 Å². The summed E-state index contributed by atoms with van der Waals surface area (Å²) in [5.74, 6) is 0.705. The molecule has 1 unspecified atom stereocenters. The normalized spacial score (nSPS) is 19.2. The summed E-state index contributed by atoms with van der Waals surface area (Å²) in [6.07, 6.45) is 8.05. The van der Waals surface area contributed by atoms with Crippen LogP contribution in [0.3, 0.4) is 0 Å². The van der Waals surface area contributed by atoms with Gasteiger partial charge in [0.1, 0.15) is 0 Å². The Bertz CT molecular complexity index is 359. The van der Waals surface area contributed by atoms with E-state index in [4.69, 9.17) is 17.3 Å². The number of hydrogen-bond acceptors (Lipinski definition) is 2. The predicted molar refractivity (Wildman–Crippen MR) is 79.1 cm³/mol. The third kappa shape index (κ3) is 3.89. The molecule has 3 N–H and O–H groups in total. The van der Waals surface area contributed by atoms with Crippen molar-refractivity contribution in [1.82, 2.24) is 0 Å². The molecule has 1 aliphatic rings. The molecule has 0 heterocycles. The van der Waals surface area contributed by atoms with E-state index in [0.29, 0.717) is 18.5 Å². The van der Waals surface area contributed by atoms with Crippen LogP contribution in [0.25, 0.3) is 0 Å². The quantitative estimate of drug-likeness (QED) is 0.807. The minimum Gasteiger partial charge on any atom is -0.381 e. The highest BCUT2D eigenvalue weighted by Crippen LogP contribution is 2.27. The van der Waals surface area contributed by atoms with Crippen molar-refractivity contribution in [1.29, 1.82) is 0 Å². The van der Waals surface area contributed by atoms with Crippen molar-refractivity contribution in [3.8, 4) is 0 Å². The van der Waals surface area contributed by atoms with Gasteiger partial charge in [0, 0.05) is 23.3 Å². The lowest BCUT2D eigenvalue weighted by Gasteiger charge is -2.27. The maximum Gasteiger partial charge on any atom is 0.0426 e. The van der Waals surface area contributed by atoms with E-state index < -0.39 is 0 Å². The van der Waals surface area contributed by atoms with Crippen molar-refractivity contribution >= 4 is 17.3 Å². The first-order valence-electron chi connectivity index (χ1n) is 7.02. The molecule has 0 radical (unpaired) electrons. The number of anilines is 1. The van der Waals surface area contributed by atoms with Crippen molar-refractivity contribution in [2.75, 3.05) is 11.9 Å². The van der Waals surface area contributed by atoms with Gasteiger partial charge in [-0.2, -0.15) is 0 Å². The number of benzene rings is 1. The summed E-state index contributed by atoms with van der Waals surface area (Å²) in [5, 5.41) is 4.33. The summed E-state index contributed by atoms with van der Waals surface area (Å²) in [4.78, 5) is 0. The molecule has 2 rings (SSSR count). The summed E-state index contributed by atoms with van der Waals surface area (Å²) >= 11 is 6.01. The standard InChI is InChI=1S/C15H23ClN2/c16-13-8-5-9-14(10-13)18-15(11-17)12-6-3-1-2-4-7-12/h5,8-10,12,15,18H,1-4,6-7,11,17H2. The van der Waals surface area contributed by atoms with E-state index in [9.17, 15) is 0 Å². The number of hydrogen-bond donors (Lipinski definition) is 2. The molecule has 0 spiro atoms. The van der Waals surface area contributed by atoms with Gasteiger partial charge in [-0.3, -0.25) is 0 Å². The molecular formula is C15H23ClN2. The van der Waals surface area contributed by atoms with E-state index in [0.717, 1.165) is 10.7 Å². The zero-order valence-corrected chi connectivity index (χ0v) is 11.6. The molecular weight excluding hydrogens is 244 g/mol. The molecule has 1 atom stereocenters. The zero-order valence-electron chi connectivity index (χ0n) is 10.9. The molecule has 1 aromatic rings. The highest BCUT2D eigenvalue weighted by atomic mass is 35.5. The second-order valence-corrected chi connectivity index (χ2v) is 5.68. The topological polar surface area (TPSA) is 38.0 Å². The molecule has 3 heteroatoms. The largest absolute Gasteiger partial charge is 0.381 e. The fraction of sp³-hybridized carbons (Fsp3) is 0.600. The van der Waals surface area contributed by atoms with Gasteiger partial charge >= 0.3 is 0 Å². The summed E-state index contributed by atoms with van der Waals surface area (Å²) in [7, 11) is 0. The summed E-state index contributed by atoms with van der Waals surface area (Å²) in [6, 6.07) is 8.29. The summed E-state index contributed by atoms with van der Waals surface area (Å²) < 4.78 is 0. The van der Waals surface area contributed by atoms with Crippen LogP contribution >= 0.6 is 11.6 Å². The lowest BCUT2D eigenvalue weighted by molar-refractivity contribution is 0.398. The van der Waals surface area contributed by atoms with Gasteiger partial charge < -0.3 is 11.1 Å². The van der Waals surface area contributed by atoms with E-state index in [1.54, 1.807) is 0 Å². The average Bonchev–Trinajstić information content (AvgIpc) is 2.65. The molecule has 2 nitrogen and oxygen atoms in total. The fourth-order valence-electron chi connectivity index (χ4n) is 2.87. The van der Waals surface area contributed by atoms with Gasteiger partial charge in [-0.1, -0.05) is 43.4 Å². The van der Waals surface area contributed by atoms with Crippen molar-refractivity contribution in [3.63, 3.8) is 0 Å². The maximum atomic E-state index is 6.01. The highest BCUT2D eigenvalue weighted by Gasteiger charge is 2.21. The maximum absolute atomic E-state index is 6.01. The molecule has 0 aliphatic heterocycles. The Balaban J connectivity index is 1.99. The zero-order chi connectivity index (χ0) is 12.8. The Morgan fingerprint density at radius 2 is 1.94 bits per heavy atom. The highest BCUT2D eigenvalue weighted by molar-refractivity contribution is 6.30. The summed E-state index contributed by atoms with van der Waals surface area (Å²) in [5.41, 5.74) is 7.03. The lowest BCUT2D eigenvalue weighted by atomic mass is 9.91. The van der Waals surface area contributed by atoms with Crippen LogP contribution in [0.15, 0.2) is 24.3 Å². The van der Waals surface area contributed by atoms with E-state index in [2.05, 4.69) is 11.4 Å². The minimum atomic E-state index is 0.376. The van der Waals surface area contributed by atoms with Gasteiger partial charge in [0.05, 0.1) is 0 Å². The summed E-state index contributed by atoms with van der Waals surface area (Å²) in [6.45, 7) is 0.692. The molecule has 0 aromatic heterocycles. The van der Waals surface area contributed by atoms with Crippen LogP contribution in [0.2, 0.25) is 5.02 Å². The second kappa shape index (κ2) is 7.01. The third-order valence-corrected chi connectivity index (χ3v) is 4.13. The first kappa shape index (κ1) is 13.7. The molecule has 1 fully saturated rings. The van der Waals surface area contributed by atoms with Gasteiger partial charge in [-0.25, -0.2) is 0 Å². The number of nitrogens with one attached hydrogen (secondary N) is 1. The Hall–Kier alpha value is -0.730. The van der Waals surface area contributed by atoms with E-state index in [1.807, 2.05) is 18.2 Å². The van der Waals surface area contributed by atoms with Crippen LogP contribution in [0.4, 0.5) is 5.69 Å². The van der Waals surface area contributed by atoms with E-state index in [-0.39, 0.29) is 0 Å². The van der Waals surface area contributed by atoms with Gasteiger partial charge in [0.15, 0.2) is 0 Å². The SMILES string of the molecule is NCC(Nc1cccc(Cl)c1)C1CCCCCC1. The number of halogens is 1. The van der Waals surface area contributed by atoms with E-state index >= 15 is 0 Å². The molecule has 1 saturated carbocycles. The Morgan fingerprint density at radius 1 is 1.22 bits per heavy atom. The average molecular weight is 267 g/mol. The van der Waals surface area contributed by atoms with Crippen LogP contribution in [0.1, 0.15) is 38.5 Å². The fourth-order valence-corrected chi connectivity index (χ4v) is 3.07. The predicted octanol–water partition coefficient (Wildman–Crippen LogP) is 4.05. The Kier molecular flexibility index (Phi) is 5.33. The third-order valence-electron chi connectivity index (χ3n) is 3.90. The molecule has 1 aliphatic carbocycles. The van der Waals surface area contributed by atoms with Crippen molar-refractivity contribution in [2.24, 2.45) is 11.7 Å². The van der Waals surface area contributed by atoms with Crippen LogP contribution in [0, 0.1) is 5.92 Å². The number of rotatable bonds is 4. The van der Waals surface area contributed by atoms with Crippen LogP contribution in [0.5, 0.6) is 0 Å².